The predicted octanol–water partition coefficient (Wildman–Crippen LogP) is 0.898. The van der Waals surface area contributed by atoms with Crippen LogP contribution in [0.25, 0.3) is 0 Å². The summed E-state index contributed by atoms with van der Waals surface area (Å²) in [5, 5.41) is 0. The zero-order valence-electron chi connectivity index (χ0n) is 16.0. The van der Waals surface area contributed by atoms with Crippen LogP contribution < -0.4 is 0 Å². The molecule has 2 fully saturated rings. The van der Waals surface area contributed by atoms with Crippen molar-refractivity contribution in [1.82, 2.24) is 4.90 Å². The molecule has 5 atom stereocenters. The van der Waals surface area contributed by atoms with Gasteiger partial charge >= 0.3 is 17.9 Å². The van der Waals surface area contributed by atoms with Crippen molar-refractivity contribution in [1.29, 1.82) is 0 Å². The Morgan fingerprint density at radius 1 is 0.857 bits per heavy atom. The maximum atomic E-state index is 13.1. The molecule has 1 amide bonds. The van der Waals surface area contributed by atoms with Crippen molar-refractivity contribution >= 4 is 23.8 Å². The number of fused-ring (bicyclic) bond motifs is 1. The van der Waals surface area contributed by atoms with E-state index in [0.717, 1.165) is 0 Å². The van der Waals surface area contributed by atoms with Gasteiger partial charge in [-0.3, -0.25) is 14.4 Å². The van der Waals surface area contributed by atoms with Crippen molar-refractivity contribution < 1.29 is 33.4 Å². The summed E-state index contributed by atoms with van der Waals surface area (Å²) >= 11 is 0. The minimum absolute atomic E-state index is 0.158. The molecule has 1 aromatic carbocycles. The van der Waals surface area contributed by atoms with Crippen molar-refractivity contribution in [3.63, 3.8) is 0 Å². The summed E-state index contributed by atoms with van der Waals surface area (Å²) in [7, 11) is 3.78. The third-order valence-corrected chi connectivity index (χ3v) is 5.82. The van der Waals surface area contributed by atoms with Crippen molar-refractivity contribution in [3.05, 3.63) is 35.9 Å². The lowest BCUT2D eigenvalue weighted by Crippen LogP contribution is -2.46. The molecule has 8 heteroatoms. The lowest BCUT2D eigenvalue weighted by atomic mass is 9.85. The third-order valence-electron chi connectivity index (χ3n) is 5.82. The first-order chi connectivity index (χ1) is 13.4. The Morgan fingerprint density at radius 3 is 2.00 bits per heavy atom. The maximum Gasteiger partial charge on any atom is 0.328 e. The summed E-state index contributed by atoms with van der Waals surface area (Å²) in [6, 6.07) is 7.58. The van der Waals surface area contributed by atoms with Crippen LogP contribution in [-0.4, -0.2) is 62.6 Å². The summed E-state index contributed by atoms with van der Waals surface area (Å²) in [4.78, 5) is 51.8. The van der Waals surface area contributed by atoms with Gasteiger partial charge in [-0.1, -0.05) is 18.2 Å². The van der Waals surface area contributed by atoms with E-state index in [2.05, 4.69) is 0 Å². The second kappa shape index (κ2) is 8.00. The number of hydrogen-bond acceptors (Lipinski definition) is 7. The second-order valence-corrected chi connectivity index (χ2v) is 7.03. The van der Waals surface area contributed by atoms with E-state index in [1.54, 1.807) is 30.3 Å². The van der Waals surface area contributed by atoms with Crippen molar-refractivity contribution in [2.24, 2.45) is 23.7 Å². The van der Waals surface area contributed by atoms with Crippen LogP contribution in [0.4, 0.5) is 0 Å². The number of amides is 1. The Morgan fingerprint density at radius 2 is 1.43 bits per heavy atom. The van der Waals surface area contributed by atoms with Gasteiger partial charge in [0.2, 0.25) is 0 Å². The van der Waals surface area contributed by atoms with Gasteiger partial charge in [0.15, 0.2) is 0 Å². The summed E-state index contributed by atoms with van der Waals surface area (Å²) < 4.78 is 14.7. The van der Waals surface area contributed by atoms with E-state index in [9.17, 15) is 19.2 Å². The van der Waals surface area contributed by atoms with Crippen LogP contribution in [0.5, 0.6) is 0 Å². The molecule has 1 heterocycles. The minimum atomic E-state index is -0.971. The van der Waals surface area contributed by atoms with Gasteiger partial charge in [-0.15, -0.1) is 0 Å². The van der Waals surface area contributed by atoms with Gasteiger partial charge in [-0.05, 0) is 24.5 Å². The Bertz CT molecular complexity index is 778. The molecule has 0 radical (unpaired) electrons. The fourth-order valence-electron chi connectivity index (χ4n) is 4.61. The standard InChI is InChI=1S/C20H23NO7/c1-26-18(23)12-9-13(19(24)27-2)15-14(12)10-21(16(15)20(25)28-3)17(22)11-7-5-4-6-8-11/h4-8,12-16H,9-10H2,1-3H3/t12-,13+,14-,15+,16+/m1/s1. The number of carbonyl (C=O) groups is 4. The van der Waals surface area contributed by atoms with E-state index in [1.807, 2.05) is 0 Å². The van der Waals surface area contributed by atoms with Gasteiger partial charge in [0, 0.05) is 18.0 Å². The number of ether oxygens (including phenoxy) is 3. The minimum Gasteiger partial charge on any atom is -0.469 e. The molecule has 0 aromatic heterocycles. The summed E-state index contributed by atoms with van der Waals surface area (Å²) in [6.07, 6.45) is 0.218. The number of benzene rings is 1. The molecule has 0 bridgehead atoms. The van der Waals surface area contributed by atoms with Gasteiger partial charge in [0.1, 0.15) is 6.04 Å². The SMILES string of the molecule is COC(=O)[C@H]1C[C@@H](C(=O)OC)[C@H]2CN(C(=O)c3ccccc3)[C@H](C(=O)OC)[C@H]21. The monoisotopic (exact) mass is 389 g/mol. The molecule has 150 valence electrons. The molecule has 1 saturated carbocycles. The summed E-state index contributed by atoms with van der Waals surface area (Å²) in [5.41, 5.74) is 0.417. The number of rotatable bonds is 4. The van der Waals surface area contributed by atoms with E-state index in [1.165, 1.54) is 26.2 Å². The van der Waals surface area contributed by atoms with Crippen LogP contribution in [0.3, 0.4) is 0 Å². The van der Waals surface area contributed by atoms with Crippen LogP contribution in [0.15, 0.2) is 30.3 Å². The molecule has 28 heavy (non-hydrogen) atoms. The van der Waals surface area contributed by atoms with E-state index in [0.29, 0.717) is 5.56 Å². The van der Waals surface area contributed by atoms with E-state index in [-0.39, 0.29) is 18.9 Å². The fourth-order valence-corrected chi connectivity index (χ4v) is 4.61. The van der Waals surface area contributed by atoms with Gasteiger partial charge in [-0.25, -0.2) is 4.79 Å². The average molecular weight is 389 g/mol. The lowest BCUT2D eigenvalue weighted by molar-refractivity contribution is -0.151. The molecule has 8 nitrogen and oxygen atoms in total. The van der Waals surface area contributed by atoms with Crippen molar-refractivity contribution in [2.75, 3.05) is 27.9 Å². The Labute approximate surface area is 162 Å². The number of carbonyl (C=O) groups excluding carboxylic acids is 4. The first-order valence-corrected chi connectivity index (χ1v) is 9.04. The normalized spacial score (nSPS) is 28.4. The molecule has 0 unspecified atom stereocenters. The number of likely N-dealkylation sites (tertiary alicyclic amines) is 1. The Balaban J connectivity index is 2.02. The lowest BCUT2D eigenvalue weighted by Gasteiger charge is -2.28. The predicted molar refractivity (Wildman–Crippen MR) is 95.9 cm³/mol. The van der Waals surface area contributed by atoms with Crippen LogP contribution in [-0.2, 0) is 28.6 Å². The Kier molecular flexibility index (Phi) is 5.67. The van der Waals surface area contributed by atoms with Crippen molar-refractivity contribution in [3.8, 4) is 0 Å². The topological polar surface area (TPSA) is 99.2 Å². The molecule has 1 aromatic rings. The molecular formula is C20H23NO7. The maximum absolute atomic E-state index is 13.1. The zero-order chi connectivity index (χ0) is 20.4. The number of esters is 3. The highest BCUT2D eigenvalue weighted by Crippen LogP contribution is 2.50. The Hall–Kier alpha value is -2.90. The van der Waals surface area contributed by atoms with Crippen LogP contribution in [0.2, 0.25) is 0 Å². The molecule has 1 aliphatic heterocycles. The van der Waals surface area contributed by atoms with Gasteiger partial charge in [0.25, 0.3) is 5.91 Å². The number of methoxy groups -OCH3 is 3. The van der Waals surface area contributed by atoms with Crippen LogP contribution >= 0.6 is 0 Å². The smallest absolute Gasteiger partial charge is 0.328 e. The largest absolute Gasteiger partial charge is 0.469 e. The molecule has 3 rings (SSSR count). The fraction of sp³-hybridized carbons (Fsp3) is 0.500. The second-order valence-electron chi connectivity index (χ2n) is 7.03. The highest BCUT2D eigenvalue weighted by Gasteiger charge is 2.61. The quantitative estimate of drug-likeness (QED) is 0.557. The van der Waals surface area contributed by atoms with Gasteiger partial charge in [0.05, 0.1) is 33.2 Å². The first-order valence-electron chi connectivity index (χ1n) is 9.04. The molecule has 0 spiro atoms. The molecule has 1 saturated heterocycles. The molecular weight excluding hydrogens is 366 g/mol. The van der Waals surface area contributed by atoms with E-state index >= 15 is 0 Å². The highest BCUT2D eigenvalue weighted by molar-refractivity contribution is 5.98. The average Bonchev–Trinajstić information content (AvgIpc) is 3.29. The first kappa shape index (κ1) is 19.9. The van der Waals surface area contributed by atoms with Crippen molar-refractivity contribution in [2.45, 2.75) is 12.5 Å². The molecule has 0 N–H and O–H groups in total. The van der Waals surface area contributed by atoms with Gasteiger partial charge < -0.3 is 19.1 Å². The van der Waals surface area contributed by atoms with Crippen LogP contribution in [0.1, 0.15) is 16.8 Å². The van der Waals surface area contributed by atoms with E-state index in [4.69, 9.17) is 14.2 Å². The summed E-state index contributed by atoms with van der Waals surface area (Å²) in [5.74, 6) is -4.20. The summed E-state index contributed by atoms with van der Waals surface area (Å²) in [6.45, 7) is 0.158. The van der Waals surface area contributed by atoms with Gasteiger partial charge in [-0.2, -0.15) is 0 Å². The molecule has 1 aliphatic carbocycles. The molecule has 2 aliphatic rings. The third kappa shape index (κ3) is 3.23. The number of nitrogens with zero attached hydrogens (tertiary/aromatic N) is 1. The highest BCUT2D eigenvalue weighted by atomic mass is 16.5. The van der Waals surface area contributed by atoms with E-state index < -0.39 is 47.6 Å². The zero-order valence-corrected chi connectivity index (χ0v) is 16.0. The number of hydrogen-bond donors (Lipinski definition) is 0. The van der Waals surface area contributed by atoms with Crippen LogP contribution in [0, 0.1) is 23.7 Å².